The molecule has 2 aliphatic heterocycles. The first-order valence-corrected chi connectivity index (χ1v) is 25.5. The van der Waals surface area contributed by atoms with E-state index in [0.717, 1.165) is 11.4 Å². The number of benzene rings is 11. The number of fused-ring (bicyclic) bond motifs is 17. The van der Waals surface area contributed by atoms with Gasteiger partial charge < -0.3 is 9.47 Å². The molecular formula is C67H41BN2S. The van der Waals surface area contributed by atoms with Crippen molar-refractivity contribution in [1.29, 1.82) is 0 Å². The van der Waals surface area contributed by atoms with Crippen LogP contribution in [0, 0.1) is 0 Å². The standard InChI is InChI=1S/C67H41BN2S/c1-3-17-42(18-4-1)44-31-35-62-58(37-44)68-59-38-45(43-19-5-2-6-20-43)32-36-64(59)71-65-41-47(70-60-29-15-10-24-52(60)53-25-11-16-30-61(53)70)40-63(66(65)68)69(62)46-33-34-51-50-23-9-14-28-56(50)67(57(51)39-46)54-26-12-7-21-48(54)49-22-8-13-27-55(49)67/h1-41H. The average Bonchev–Trinajstić information content (AvgIpc) is 4.05. The molecule has 4 aliphatic rings. The molecule has 2 aliphatic carbocycles. The SMILES string of the molecule is c1ccc(-c2ccc3c(c2)B2c4cc(-c5ccccc5)ccc4N(c4ccc5c(c4)C4(c6ccccc6-c6ccccc64)c4ccccc4-5)c4cc(-n5c6ccccc6c6ccccc65)cc(c42)S3)cc1. The lowest BCUT2D eigenvalue weighted by atomic mass is 9.34. The van der Waals surface area contributed by atoms with Crippen molar-refractivity contribution in [3.05, 3.63) is 271 Å². The van der Waals surface area contributed by atoms with E-state index in [9.17, 15) is 0 Å². The highest BCUT2D eigenvalue weighted by atomic mass is 32.2. The highest BCUT2D eigenvalue weighted by Crippen LogP contribution is 2.63. The molecule has 2 nitrogen and oxygen atoms in total. The quantitative estimate of drug-likeness (QED) is 0.163. The summed E-state index contributed by atoms with van der Waals surface area (Å²) in [7, 11) is 0. The van der Waals surface area contributed by atoms with Crippen molar-refractivity contribution in [3.63, 3.8) is 0 Å². The fourth-order valence-electron chi connectivity index (χ4n) is 13.2. The lowest BCUT2D eigenvalue weighted by Crippen LogP contribution is -2.60. The Bertz CT molecular complexity index is 4110. The number of para-hydroxylation sites is 2. The van der Waals surface area contributed by atoms with E-state index >= 15 is 0 Å². The fourth-order valence-corrected chi connectivity index (χ4v) is 14.4. The Balaban J connectivity index is 1.01. The van der Waals surface area contributed by atoms with Gasteiger partial charge in [-0.15, -0.1) is 0 Å². The summed E-state index contributed by atoms with van der Waals surface area (Å²) in [6.07, 6.45) is 0. The van der Waals surface area contributed by atoms with E-state index in [4.69, 9.17) is 0 Å². The normalized spacial score (nSPS) is 13.9. The molecule has 0 unspecified atom stereocenters. The minimum atomic E-state index is -0.472. The van der Waals surface area contributed by atoms with Gasteiger partial charge in [0.1, 0.15) is 0 Å². The Morgan fingerprint density at radius 1 is 0.338 bits per heavy atom. The van der Waals surface area contributed by atoms with E-state index < -0.39 is 5.41 Å². The average molecular weight is 917 g/mol. The fraction of sp³-hybridized carbons (Fsp3) is 0.0149. The molecule has 16 rings (SSSR count). The third-order valence-corrected chi connectivity index (χ3v) is 17.2. The Kier molecular flexibility index (Phi) is 8.15. The molecular weight excluding hydrogens is 876 g/mol. The molecule has 71 heavy (non-hydrogen) atoms. The molecule has 3 heterocycles. The first kappa shape index (κ1) is 39.3. The maximum Gasteiger partial charge on any atom is 0.249 e. The molecule has 328 valence electrons. The van der Waals surface area contributed by atoms with Crippen LogP contribution in [0.3, 0.4) is 0 Å². The molecule has 0 saturated carbocycles. The van der Waals surface area contributed by atoms with Crippen molar-refractivity contribution in [2.75, 3.05) is 4.90 Å². The maximum atomic E-state index is 2.62. The maximum absolute atomic E-state index is 2.62. The van der Waals surface area contributed by atoms with E-state index in [2.05, 4.69) is 258 Å². The minimum Gasteiger partial charge on any atom is -0.311 e. The number of nitrogens with zero attached hydrogens (tertiary/aromatic N) is 2. The van der Waals surface area contributed by atoms with Crippen molar-refractivity contribution < 1.29 is 0 Å². The number of hydrogen-bond acceptors (Lipinski definition) is 2. The predicted molar refractivity (Wildman–Crippen MR) is 298 cm³/mol. The van der Waals surface area contributed by atoms with Crippen LogP contribution in [0.1, 0.15) is 22.3 Å². The summed E-state index contributed by atoms with van der Waals surface area (Å²) in [5.41, 5.74) is 26.2. The van der Waals surface area contributed by atoms with Crippen LogP contribution >= 0.6 is 11.8 Å². The molecule has 0 atom stereocenters. The van der Waals surface area contributed by atoms with Gasteiger partial charge in [-0.1, -0.05) is 217 Å². The summed E-state index contributed by atoms with van der Waals surface area (Å²) in [6.45, 7) is -0.0133. The molecule has 11 aromatic carbocycles. The van der Waals surface area contributed by atoms with Crippen molar-refractivity contribution >= 4 is 73.7 Å². The van der Waals surface area contributed by atoms with Gasteiger partial charge in [-0.25, -0.2) is 0 Å². The molecule has 0 N–H and O–H groups in total. The van der Waals surface area contributed by atoms with Crippen molar-refractivity contribution in [2.45, 2.75) is 15.2 Å². The Hall–Kier alpha value is -8.57. The van der Waals surface area contributed by atoms with Crippen LogP contribution in [0.2, 0.25) is 0 Å². The van der Waals surface area contributed by atoms with Gasteiger partial charge >= 0.3 is 0 Å². The number of aromatic nitrogens is 1. The first-order valence-electron chi connectivity index (χ1n) is 24.7. The molecule has 0 saturated heterocycles. The van der Waals surface area contributed by atoms with Gasteiger partial charge in [0.05, 0.1) is 16.4 Å². The van der Waals surface area contributed by atoms with Gasteiger partial charge in [-0.2, -0.15) is 0 Å². The van der Waals surface area contributed by atoms with Gasteiger partial charge in [0.2, 0.25) is 6.71 Å². The molecule has 4 heteroatoms. The zero-order chi connectivity index (χ0) is 46.4. The summed E-state index contributed by atoms with van der Waals surface area (Å²) >= 11 is 1.92. The van der Waals surface area contributed by atoms with E-state index in [1.807, 2.05) is 11.8 Å². The second kappa shape index (κ2) is 14.7. The van der Waals surface area contributed by atoms with E-state index in [0.29, 0.717) is 0 Å². The molecule has 1 aromatic heterocycles. The Morgan fingerprint density at radius 2 is 0.859 bits per heavy atom. The largest absolute Gasteiger partial charge is 0.311 e. The lowest BCUT2D eigenvalue weighted by molar-refractivity contribution is 0.793. The molecule has 0 bridgehead atoms. The summed E-state index contributed by atoms with van der Waals surface area (Å²) in [5, 5.41) is 2.52. The summed E-state index contributed by atoms with van der Waals surface area (Å²) in [5.74, 6) is 0. The first-order chi connectivity index (χ1) is 35.2. The summed E-state index contributed by atoms with van der Waals surface area (Å²) in [6, 6.07) is 93.8. The van der Waals surface area contributed by atoms with E-state index in [1.54, 1.807) is 0 Å². The smallest absolute Gasteiger partial charge is 0.249 e. The van der Waals surface area contributed by atoms with Crippen LogP contribution in [0.25, 0.3) is 72.0 Å². The van der Waals surface area contributed by atoms with Crippen LogP contribution in [-0.4, -0.2) is 11.3 Å². The van der Waals surface area contributed by atoms with Crippen LogP contribution < -0.4 is 21.3 Å². The highest BCUT2D eigenvalue weighted by molar-refractivity contribution is 8.00. The van der Waals surface area contributed by atoms with Crippen molar-refractivity contribution in [2.24, 2.45) is 0 Å². The van der Waals surface area contributed by atoms with Crippen molar-refractivity contribution in [3.8, 4) is 50.2 Å². The Labute approximate surface area is 417 Å². The van der Waals surface area contributed by atoms with Crippen LogP contribution in [0.5, 0.6) is 0 Å². The lowest BCUT2D eigenvalue weighted by Gasteiger charge is -2.41. The van der Waals surface area contributed by atoms with Gasteiger partial charge in [-0.3, -0.25) is 0 Å². The van der Waals surface area contributed by atoms with Crippen LogP contribution in [0.4, 0.5) is 17.1 Å². The van der Waals surface area contributed by atoms with Gasteiger partial charge in [0, 0.05) is 43.3 Å². The zero-order valence-corrected chi connectivity index (χ0v) is 39.4. The van der Waals surface area contributed by atoms with E-state index in [1.165, 1.54) is 126 Å². The van der Waals surface area contributed by atoms with Crippen LogP contribution in [0.15, 0.2) is 259 Å². The minimum absolute atomic E-state index is 0.0133. The molecule has 0 amide bonds. The molecule has 0 fully saturated rings. The molecule has 0 radical (unpaired) electrons. The second-order valence-electron chi connectivity index (χ2n) is 19.5. The third-order valence-electron chi connectivity index (χ3n) is 16.0. The zero-order valence-electron chi connectivity index (χ0n) is 38.6. The monoisotopic (exact) mass is 916 g/mol. The number of anilines is 3. The predicted octanol–water partition coefficient (Wildman–Crippen LogP) is 15.2. The van der Waals surface area contributed by atoms with Crippen molar-refractivity contribution in [1.82, 2.24) is 4.57 Å². The highest BCUT2D eigenvalue weighted by Gasteiger charge is 2.52. The van der Waals surface area contributed by atoms with E-state index in [-0.39, 0.29) is 6.71 Å². The molecule has 1 spiro atoms. The second-order valence-corrected chi connectivity index (χ2v) is 20.6. The number of rotatable bonds is 4. The third kappa shape index (κ3) is 5.35. The topological polar surface area (TPSA) is 8.17 Å². The summed E-state index contributed by atoms with van der Waals surface area (Å²) < 4.78 is 2.50. The molecule has 12 aromatic rings. The Morgan fingerprint density at radius 3 is 1.48 bits per heavy atom. The van der Waals surface area contributed by atoms with Gasteiger partial charge in [0.25, 0.3) is 0 Å². The van der Waals surface area contributed by atoms with Gasteiger partial charge in [0.15, 0.2) is 0 Å². The summed E-state index contributed by atoms with van der Waals surface area (Å²) in [4.78, 5) is 5.20. The van der Waals surface area contributed by atoms with Crippen LogP contribution in [-0.2, 0) is 5.41 Å². The number of hydrogen-bond donors (Lipinski definition) is 0. The van der Waals surface area contributed by atoms with Gasteiger partial charge in [-0.05, 0) is 126 Å².